The summed E-state index contributed by atoms with van der Waals surface area (Å²) in [6.45, 7) is 0.758. The van der Waals surface area contributed by atoms with E-state index in [0.717, 1.165) is 19.4 Å². The quantitative estimate of drug-likeness (QED) is 0.840. The Bertz CT molecular complexity index is 523. The average Bonchev–Trinajstić information content (AvgIpc) is 2.98. The van der Waals surface area contributed by atoms with Gasteiger partial charge in [-0.25, -0.2) is 4.79 Å². The van der Waals surface area contributed by atoms with E-state index in [1.165, 1.54) is 19.2 Å². The molecule has 0 aliphatic carbocycles. The zero-order valence-corrected chi connectivity index (χ0v) is 11.9. The molecule has 2 rings (SSSR count). The van der Waals surface area contributed by atoms with Crippen LogP contribution >= 0.6 is 0 Å². The fraction of sp³-hybridized carbons (Fsp3) is 0.467. The van der Waals surface area contributed by atoms with Gasteiger partial charge in [0.2, 0.25) is 5.91 Å². The standard InChI is InChI=1S/C15H19NO5/c1-20-11-4-6-13(12(9-11)15(18)19)16-14(17)7-5-10-3-2-8-21-10/h4,6,9-10H,2-3,5,7-8H2,1H3,(H,16,17)(H,18,19). The van der Waals surface area contributed by atoms with Crippen molar-refractivity contribution in [3.05, 3.63) is 23.8 Å². The molecule has 114 valence electrons. The fourth-order valence-electron chi connectivity index (χ4n) is 2.31. The topological polar surface area (TPSA) is 84.9 Å². The summed E-state index contributed by atoms with van der Waals surface area (Å²) in [5.74, 6) is -0.883. The maximum absolute atomic E-state index is 11.9. The highest BCUT2D eigenvalue weighted by molar-refractivity contribution is 6.00. The van der Waals surface area contributed by atoms with Gasteiger partial charge in [-0.05, 0) is 37.5 Å². The molecule has 1 unspecified atom stereocenters. The number of carbonyl (C=O) groups excluding carboxylic acids is 1. The molecule has 1 aromatic carbocycles. The first-order valence-electron chi connectivity index (χ1n) is 6.93. The van der Waals surface area contributed by atoms with E-state index in [0.29, 0.717) is 18.6 Å². The molecule has 0 spiro atoms. The molecule has 1 aliphatic heterocycles. The van der Waals surface area contributed by atoms with E-state index in [9.17, 15) is 14.7 Å². The third-order valence-corrected chi connectivity index (χ3v) is 3.45. The van der Waals surface area contributed by atoms with Crippen LogP contribution < -0.4 is 10.1 Å². The number of rotatable bonds is 6. The molecular formula is C15H19NO5. The van der Waals surface area contributed by atoms with Crippen molar-refractivity contribution in [1.82, 2.24) is 0 Å². The number of aromatic carboxylic acids is 1. The molecule has 1 amide bonds. The molecule has 0 aromatic heterocycles. The highest BCUT2D eigenvalue weighted by Crippen LogP contribution is 2.23. The average molecular weight is 293 g/mol. The van der Waals surface area contributed by atoms with Crippen LogP contribution in [-0.4, -0.2) is 36.8 Å². The van der Waals surface area contributed by atoms with E-state index in [4.69, 9.17) is 9.47 Å². The van der Waals surface area contributed by atoms with Crippen LogP contribution in [0.3, 0.4) is 0 Å². The van der Waals surface area contributed by atoms with Crippen molar-refractivity contribution in [2.45, 2.75) is 31.8 Å². The molecule has 6 heteroatoms. The maximum atomic E-state index is 11.9. The second kappa shape index (κ2) is 7.08. The highest BCUT2D eigenvalue weighted by Gasteiger charge is 2.18. The predicted octanol–water partition coefficient (Wildman–Crippen LogP) is 2.29. The van der Waals surface area contributed by atoms with Gasteiger partial charge in [0.15, 0.2) is 0 Å². The van der Waals surface area contributed by atoms with Gasteiger partial charge in [-0.3, -0.25) is 4.79 Å². The smallest absolute Gasteiger partial charge is 0.337 e. The number of amides is 1. The van der Waals surface area contributed by atoms with Crippen molar-refractivity contribution in [3.8, 4) is 5.75 Å². The molecule has 2 N–H and O–H groups in total. The van der Waals surface area contributed by atoms with Crippen LogP contribution in [0, 0.1) is 0 Å². The number of nitrogens with one attached hydrogen (secondary N) is 1. The van der Waals surface area contributed by atoms with Gasteiger partial charge >= 0.3 is 5.97 Å². The zero-order valence-electron chi connectivity index (χ0n) is 11.9. The lowest BCUT2D eigenvalue weighted by Gasteiger charge is -2.11. The molecule has 6 nitrogen and oxygen atoms in total. The fourth-order valence-corrected chi connectivity index (χ4v) is 2.31. The predicted molar refractivity (Wildman–Crippen MR) is 76.8 cm³/mol. The van der Waals surface area contributed by atoms with Crippen LogP contribution in [0.4, 0.5) is 5.69 Å². The molecule has 21 heavy (non-hydrogen) atoms. The Hall–Kier alpha value is -2.08. The molecule has 1 atom stereocenters. The Morgan fingerprint density at radius 1 is 1.48 bits per heavy atom. The lowest BCUT2D eigenvalue weighted by molar-refractivity contribution is -0.116. The number of carboxylic acid groups (broad SMARTS) is 1. The first kappa shape index (κ1) is 15.3. The number of carboxylic acids is 1. The number of ether oxygens (including phenoxy) is 2. The van der Waals surface area contributed by atoms with Crippen LogP contribution in [0.25, 0.3) is 0 Å². The van der Waals surface area contributed by atoms with E-state index in [-0.39, 0.29) is 23.3 Å². The number of benzene rings is 1. The summed E-state index contributed by atoms with van der Waals surface area (Å²) < 4.78 is 10.4. The Labute approximate surface area is 123 Å². The van der Waals surface area contributed by atoms with Gasteiger partial charge in [0, 0.05) is 13.0 Å². The van der Waals surface area contributed by atoms with Crippen LogP contribution in [0.2, 0.25) is 0 Å². The van der Waals surface area contributed by atoms with Crippen molar-refractivity contribution in [3.63, 3.8) is 0 Å². The third kappa shape index (κ3) is 4.19. The van der Waals surface area contributed by atoms with Crippen LogP contribution in [0.1, 0.15) is 36.0 Å². The lowest BCUT2D eigenvalue weighted by Crippen LogP contribution is -2.17. The van der Waals surface area contributed by atoms with Crippen LogP contribution in [0.15, 0.2) is 18.2 Å². The summed E-state index contributed by atoms with van der Waals surface area (Å²) in [7, 11) is 1.46. The van der Waals surface area contributed by atoms with Gasteiger partial charge in [-0.2, -0.15) is 0 Å². The third-order valence-electron chi connectivity index (χ3n) is 3.45. The monoisotopic (exact) mass is 293 g/mol. The zero-order chi connectivity index (χ0) is 15.2. The van der Waals surface area contributed by atoms with Gasteiger partial charge in [0.05, 0.1) is 24.5 Å². The summed E-state index contributed by atoms with van der Waals surface area (Å²) in [4.78, 5) is 23.1. The van der Waals surface area contributed by atoms with E-state index < -0.39 is 5.97 Å². The van der Waals surface area contributed by atoms with Crippen molar-refractivity contribution >= 4 is 17.6 Å². The second-order valence-corrected chi connectivity index (χ2v) is 4.94. The van der Waals surface area contributed by atoms with E-state index in [1.54, 1.807) is 6.07 Å². The molecular weight excluding hydrogens is 274 g/mol. The summed E-state index contributed by atoms with van der Waals surface area (Å²) in [5.41, 5.74) is 0.292. The summed E-state index contributed by atoms with van der Waals surface area (Å²) in [6.07, 6.45) is 3.13. The maximum Gasteiger partial charge on any atom is 0.337 e. The summed E-state index contributed by atoms with van der Waals surface area (Å²) >= 11 is 0. The molecule has 0 bridgehead atoms. The minimum absolute atomic E-state index is 0.0137. The summed E-state index contributed by atoms with van der Waals surface area (Å²) in [6, 6.07) is 4.53. The Morgan fingerprint density at radius 2 is 2.29 bits per heavy atom. The summed E-state index contributed by atoms with van der Waals surface area (Å²) in [5, 5.41) is 11.8. The lowest BCUT2D eigenvalue weighted by atomic mass is 10.1. The Kier molecular flexibility index (Phi) is 5.16. The Balaban J connectivity index is 1.97. The van der Waals surface area contributed by atoms with E-state index >= 15 is 0 Å². The molecule has 1 aliphatic rings. The Morgan fingerprint density at radius 3 is 2.90 bits per heavy atom. The number of methoxy groups -OCH3 is 1. The second-order valence-electron chi connectivity index (χ2n) is 4.94. The highest BCUT2D eigenvalue weighted by atomic mass is 16.5. The number of anilines is 1. The molecule has 1 saturated heterocycles. The first-order valence-corrected chi connectivity index (χ1v) is 6.93. The van der Waals surface area contributed by atoms with Crippen molar-refractivity contribution in [2.75, 3.05) is 19.0 Å². The minimum atomic E-state index is -1.11. The molecule has 1 heterocycles. The van der Waals surface area contributed by atoms with Gasteiger partial charge in [0.1, 0.15) is 5.75 Å². The van der Waals surface area contributed by atoms with Crippen molar-refractivity contribution < 1.29 is 24.2 Å². The first-order chi connectivity index (χ1) is 10.1. The molecule has 1 aromatic rings. The molecule has 0 saturated carbocycles. The van der Waals surface area contributed by atoms with Gasteiger partial charge in [0.25, 0.3) is 0 Å². The van der Waals surface area contributed by atoms with E-state index in [2.05, 4.69) is 5.32 Å². The minimum Gasteiger partial charge on any atom is -0.497 e. The number of carbonyl (C=O) groups is 2. The van der Waals surface area contributed by atoms with E-state index in [1.807, 2.05) is 0 Å². The largest absolute Gasteiger partial charge is 0.497 e. The van der Waals surface area contributed by atoms with Crippen molar-refractivity contribution in [1.29, 1.82) is 0 Å². The normalized spacial score (nSPS) is 17.5. The van der Waals surface area contributed by atoms with Gasteiger partial charge < -0.3 is 19.9 Å². The number of hydrogen-bond donors (Lipinski definition) is 2. The SMILES string of the molecule is COc1ccc(NC(=O)CCC2CCCO2)c(C(=O)O)c1. The van der Waals surface area contributed by atoms with Gasteiger partial charge in [-0.15, -0.1) is 0 Å². The molecule has 0 radical (unpaired) electrons. The van der Waals surface area contributed by atoms with Crippen molar-refractivity contribution in [2.24, 2.45) is 0 Å². The number of hydrogen-bond acceptors (Lipinski definition) is 4. The molecule has 1 fully saturated rings. The van der Waals surface area contributed by atoms with Crippen LogP contribution in [-0.2, 0) is 9.53 Å². The van der Waals surface area contributed by atoms with Crippen LogP contribution in [0.5, 0.6) is 5.75 Å². The van der Waals surface area contributed by atoms with Gasteiger partial charge in [-0.1, -0.05) is 0 Å².